The quantitative estimate of drug-likeness (QED) is 0.871. The summed E-state index contributed by atoms with van der Waals surface area (Å²) in [5.74, 6) is 0.468. The number of carbonyl (C=O) groups excluding carboxylic acids is 2. The van der Waals surface area contributed by atoms with Gasteiger partial charge < -0.3 is 19.9 Å². The molecule has 2 aromatic carbocycles. The van der Waals surface area contributed by atoms with Gasteiger partial charge in [0.2, 0.25) is 0 Å². The summed E-state index contributed by atoms with van der Waals surface area (Å²) in [4.78, 5) is 29.5. The molecule has 2 aliphatic rings. The molecule has 0 aliphatic carbocycles. The van der Waals surface area contributed by atoms with Crippen LogP contribution in [0.5, 0.6) is 5.75 Å². The number of nitrogens with one attached hydrogen (secondary N) is 1. The van der Waals surface area contributed by atoms with Crippen LogP contribution in [-0.4, -0.2) is 60.9 Å². The van der Waals surface area contributed by atoms with Crippen LogP contribution in [0.1, 0.15) is 39.1 Å². The van der Waals surface area contributed by atoms with E-state index in [2.05, 4.69) is 10.2 Å². The average Bonchev–Trinajstić information content (AvgIpc) is 2.85. The number of rotatable bonds is 3. The number of carbonyl (C=O) groups is 2. The first kappa shape index (κ1) is 19.5. The smallest absolute Gasteiger partial charge is 0.255 e. The molecule has 1 unspecified atom stereocenters. The highest BCUT2D eigenvalue weighted by molar-refractivity contribution is 5.97. The molecule has 1 saturated heterocycles. The summed E-state index contributed by atoms with van der Waals surface area (Å²) in [6.07, 6.45) is 1.63. The predicted molar refractivity (Wildman–Crippen MR) is 111 cm³/mol. The number of ether oxygens (including phenoxy) is 1. The minimum absolute atomic E-state index is 0.00735. The SMILES string of the molecule is CN(C)Cc1ccc(C(=O)N2CCCC3(CNC(=O)c4ccccc4O3)C2)cc1. The standard InChI is InChI=1S/C23H27N3O3/c1-25(2)14-17-8-10-18(11-9-17)22(28)26-13-5-12-23(16-26)15-24-21(27)19-6-3-4-7-20(19)29-23/h3-4,6-11H,5,12-16H2,1-2H3,(H,24,27). The lowest BCUT2D eigenvalue weighted by Crippen LogP contribution is -2.57. The summed E-state index contributed by atoms with van der Waals surface area (Å²) >= 11 is 0. The van der Waals surface area contributed by atoms with E-state index >= 15 is 0 Å². The van der Waals surface area contributed by atoms with Gasteiger partial charge in [0, 0.05) is 18.7 Å². The molecule has 4 rings (SSSR count). The van der Waals surface area contributed by atoms with Crippen molar-refractivity contribution in [1.29, 1.82) is 0 Å². The van der Waals surface area contributed by atoms with Crippen LogP contribution in [0.25, 0.3) is 0 Å². The maximum atomic E-state index is 13.1. The molecule has 1 spiro atoms. The zero-order valence-electron chi connectivity index (χ0n) is 17.0. The van der Waals surface area contributed by atoms with Gasteiger partial charge in [0.05, 0.1) is 18.7 Å². The van der Waals surface area contributed by atoms with Gasteiger partial charge in [-0.15, -0.1) is 0 Å². The minimum atomic E-state index is -0.596. The average molecular weight is 393 g/mol. The van der Waals surface area contributed by atoms with Crippen molar-refractivity contribution in [2.75, 3.05) is 33.7 Å². The molecule has 152 valence electrons. The Labute approximate surface area is 171 Å². The maximum absolute atomic E-state index is 13.1. The first-order valence-electron chi connectivity index (χ1n) is 10.0. The highest BCUT2D eigenvalue weighted by Crippen LogP contribution is 2.32. The summed E-state index contributed by atoms with van der Waals surface area (Å²) in [6.45, 7) is 2.39. The molecule has 6 heteroatoms. The van der Waals surface area contributed by atoms with Gasteiger partial charge >= 0.3 is 0 Å². The monoisotopic (exact) mass is 393 g/mol. The van der Waals surface area contributed by atoms with Crippen LogP contribution in [0.15, 0.2) is 48.5 Å². The molecular formula is C23H27N3O3. The van der Waals surface area contributed by atoms with Crippen molar-refractivity contribution in [3.05, 3.63) is 65.2 Å². The number of nitrogens with zero attached hydrogens (tertiary/aromatic N) is 2. The Morgan fingerprint density at radius 1 is 1.17 bits per heavy atom. The molecule has 29 heavy (non-hydrogen) atoms. The molecule has 0 saturated carbocycles. The third kappa shape index (κ3) is 4.12. The molecule has 1 N–H and O–H groups in total. The topological polar surface area (TPSA) is 61.9 Å². The van der Waals surface area contributed by atoms with Crippen LogP contribution < -0.4 is 10.1 Å². The maximum Gasteiger partial charge on any atom is 0.255 e. The molecule has 2 heterocycles. The summed E-state index contributed by atoms with van der Waals surface area (Å²) in [7, 11) is 4.05. The van der Waals surface area contributed by atoms with Gasteiger partial charge in [0.1, 0.15) is 11.4 Å². The fourth-order valence-corrected chi connectivity index (χ4v) is 4.15. The third-order valence-electron chi connectivity index (χ3n) is 5.56. The van der Waals surface area contributed by atoms with Crippen molar-refractivity contribution >= 4 is 11.8 Å². The predicted octanol–water partition coefficient (Wildman–Crippen LogP) is 2.55. The fraction of sp³-hybridized carbons (Fsp3) is 0.391. The van der Waals surface area contributed by atoms with Gasteiger partial charge in [-0.1, -0.05) is 24.3 Å². The van der Waals surface area contributed by atoms with Crippen LogP contribution in [0.3, 0.4) is 0 Å². The molecule has 0 radical (unpaired) electrons. The molecule has 1 fully saturated rings. The molecule has 2 aliphatic heterocycles. The van der Waals surface area contributed by atoms with E-state index in [1.165, 1.54) is 5.56 Å². The molecule has 0 aromatic heterocycles. The Hall–Kier alpha value is -2.86. The Morgan fingerprint density at radius 3 is 2.69 bits per heavy atom. The Balaban J connectivity index is 1.52. The van der Waals surface area contributed by atoms with Crippen molar-refractivity contribution < 1.29 is 14.3 Å². The zero-order chi connectivity index (χ0) is 20.4. The van der Waals surface area contributed by atoms with Gasteiger partial charge in [-0.2, -0.15) is 0 Å². The van der Waals surface area contributed by atoms with Gasteiger partial charge in [-0.3, -0.25) is 9.59 Å². The summed E-state index contributed by atoms with van der Waals surface area (Å²) in [5.41, 5.74) is 1.81. The van der Waals surface area contributed by atoms with E-state index < -0.39 is 5.60 Å². The summed E-state index contributed by atoms with van der Waals surface area (Å²) < 4.78 is 6.35. The number of likely N-dealkylation sites (tertiary alicyclic amines) is 1. The lowest BCUT2D eigenvalue weighted by Gasteiger charge is -2.42. The van der Waals surface area contributed by atoms with Crippen LogP contribution in [-0.2, 0) is 6.54 Å². The summed E-state index contributed by atoms with van der Waals surface area (Å²) in [6, 6.07) is 15.1. The van der Waals surface area contributed by atoms with E-state index in [9.17, 15) is 9.59 Å². The van der Waals surface area contributed by atoms with E-state index in [1.807, 2.05) is 61.5 Å². The van der Waals surface area contributed by atoms with E-state index in [4.69, 9.17) is 4.74 Å². The van der Waals surface area contributed by atoms with Gasteiger partial charge in [0.25, 0.3) is 11.8 Å². The number of hydrogen-bond donors (Lipinski definition) is 1. The molecule has 6 nitrogen and oxygen atoms in total. The summed E-state index contributed by atoms with van der Waals surface area (Å²) in [5, 5.41) is 2.98. The van der Waals surface area contributed by atoms with Crippen molar-refractivity contribution in [2.24, 2.45) is 0 Å². The Morgan fingerprint density at radius 2 is 1.93 bits per heavy atom. The molecule has 2 aromatic rings. The van der Waals surface area contributed by atoms with Crippen molar-refractivity contribution in [3.63, 3.8) is 0 Å². The number of piperidine rings is 1. The van der Waals surface area contributed by atoms with Crippen LogP contribution >= 0.6 is 0 Å². The lowest BCUT2D eigenvalue weighted by atomic mass is 9.91. The third-order valence-corrected chi connectivity index (χ3v) is 5.56. The lowest BCUT2D eigenvalue weighted by molar-refractivity contribution is -0.000860. The van der Waals surface area contributed by atoms with Crippen molar-refractivity contribution in [1.82, 2.24) is 15.1 Å². The number of hydrogen-bond acceptors (Lipinski definition) is 4. The molecule has 2 amide bonds. The molecule has 1 atom stereocenters. The highest BCUT2D eigenvalue weighted by atomic mass is 16.5. The molecular weight excluding hydrogens is 366 g/mol. The second kappa shape index (κ2) is 7.87. The number of fused-ring (bicyclic) bond motifs is 1. The second-order valence-corrected chi connectivity index (χ2v) is 8.23. The first-order valence-corrected chi connectivity index (χ1v) is 10.0. The van der Waals surface area contributed by atoms with Crippen molar-refractivity contribution in [3.8, 4) is 5.75 Å². The van der Waals surface area contributed by atoms with E-state index in [0.29, 0.717) is 36.5 Å². The first-order chi connectivity index (χ1) is 14.0. The number of amides is 2. The van der Waals surface area contributed by atoms with Crippen LogP contribution in [0, 0.1) is 0 Å². The fourth-order valence-electron chi connectivity index (χ4n) is 4.15. The van der Waals surface area contributed by atoms with Crippen molar-refractivity contribution in [2.45, 2.75) is 25.0 Å². The largest absolute Gasteiger partial charge is 0.483 e. The second-order valence-electron chi connectivity index (χ2n) is 8.23. The van der Waals surface area contributed by atoms with E-state index in [-0.39, 0.29) is 11.8 Å². The van der Waals surface area contributed by atoms with E-state index in [0.717, 1.165) is 19.4 Å². The zero-order valence-corrected chi connectivity index (χ0v) is 17.0. The van der Waals surface area contributed by atoms with Gasteiger partial charge in [0.15, 0.2) is 0 Å². The van der Waals surface area contributed by atoms with Crippen LogP contribution in [0.2, 0.25) is 0 Å². The van der Waals surface area contributed by atoms with Crippen LogP contribution in [0.4, 0.5) is 0 Å². The highest BCUT2D eigenvalue weighted by Gasteiger charge is 2.42. The number of benzene rings is 2. The Kier molecular flexibility index (Phi) is 5.28. The Bertz CT molecular complexity index is 910. The van der Waals surface area contributed by atoms with Gasteiger partial charge in [-0.05, 0) is 56.8 Å². The molecule has 0 bridgehead atoms. The minimum Gasteiger partial charge on any atom is -0.483 e. The number of para-hydroxylation sites is 1. The van der Waals surface area contributed by atoms with E-state index in [1.54, 1.807) is 6.07 Å². The normalized spacial score (nSPS) is 21.3. The van der Waals surface area contributed by atoms with Gasteiger partial charge in [-0.25, -0.2) is 0 Å².